The van der Waals surface area contributed by atoms with Crippen LogP contribution in [-0.4, -0.2) is 53.9 Å². The van der Waals surface area contributed by atoms with Crippen LogP contribution in [0.1, 0.15) is 41.4 Å². The summed E-state index contributed by atoms with van der Waals surface area (Å²) >= 11 is 0. The van der Waals surface area contributed by atoms with Gasteiger partial charge in [0.05, 0.1) is 13.2 Å². The number of ketones is 1. The fourth-order valence-corrected chi connectivity index (χ4v) is 4.08. The Balaban J connectivity index is 1.94. The number of Topliss-reactive ketones (excluding diaryl/α,β-unsaturated/α-hetero) is 1. The number of carbonyl (C=O) groups excluding carboxylic acids is 4. The molecular formula is C30H31F3N4O5. The monoisotopic (exact) mass is 584 g/mol. The summed E-state index contributed by atoms with van der Waals surface area (Å²) < 4.78 is 45.0. The summed E-state index contributed by atoms with van der Waals surface area (Å²) in [6.45, 7) is 2.72. The Morgan fingerprint density at radius 1 is 0.857 bits per heavy atom. The molecule has 0 aliphatic heterocycles. The zero-order valence-electron chi connectivity index (χ0n) is 23.1. The van der Waals surface area contributed by atoms with Crippen LogP contribution in [0.4, 0.5) is 13.2 Å². The number of ether oxygens (including phenoxy) is 1. The number of benzene rings is 2. The number of alkyl halides is 3. The molecule has 0 aliphatic rings. The van der Waals surface area contributed by atoms with Crippen molar-refractivity contribution < 1.29 is 37.1 Å². The fourth-order valence-electron chi connectivity index (χ4n) is 4.08. The summed E-state index contributed by atoms with van der Waals surface area (Å²) in [7, 11) is 1.43. The second-order valence-electron chi connectivity index (χ2n) is 9.76. The van der Waals surface area contributed by atoms with E-state index in [0.717, 1.165) is 0 Å². The third kappa shape index (κ3) is 8.63. The molecular weight excluding hydrogens is 553 g/mol. The van der Waals surface area contributed by atoms with E-state index in [-0.39, 0.29) is 17.5 Å². The van der Waals surface area contributed by atoms with Crippen molar-refractivity contribution in [1.29, 1.82) is 0 Å². The minimum absolute atomic E-state index is 0.00359. The van der Waals surface area contributed by atoms with E-state index in [9.17, 15) is 32.3 Å². The van der Waals surface area contributed by atoms with Crippen LogP contribution in [0.2, 0.25) is 0 Å². The molecule has 0 aliphatic carbocycles. The van der Waals surface area contributed by atoms with Crippen molar-refractivity contribution in [2.75, 3.05) is 7.11 Å². The molecule has 0 fully saturated rings. The lowest BCUT2D eigenvalue weighted by Crippen LogP contribution is -2.55. The van der Waals surface area contributed by atoms with Gasteiger partial charge < -0.3 is 20.7 Å². The maximum atomic E-state index is 13.6. The van der Waals surface area contributed by atoms with Crippen LogP contribution < -0.4 is 20.7 Å². The van der Waals surface area contributed by atoms with E-state index in [4.69, 9.17) is 4.74 Å². The lowest BCUT2D eigenvalue weighted by molar-refractivity contribution is -0.175. The Hall–Kier alpha value is -4.74. The van der Waals surface area contributed by atoms with Crippen LogP contribution in [0.5, 0.6) is 5.75 Å². The Kier molecular flexibility index (Phi) is 10.8. The molecule has 2 aromatic carbocycles. The number of rotatable bonds is 12. The molecule has 0 saturated carbocycles. The van der Waals surface area contributed by atoms with Gasteiger partial charge in [-0.2, -0.15) is 13.2 Å². The zero-order valence-corrected chi connectivity index (χ0v) is 23.1. The van der Waals surface area contributed by atoms with Gasteiger partial charge in [0.15, 0.2) is 0 Å². The van der Waals surface area contributed by atoms with Gasteiger partial charge in [-0.3, -0.25) is 24.2 Å². The summed E-state index contributed by atoms with van der Waals surface area (Å²) in [4.78, 5) is 56.1. The first-order valence-corrected chi connectivity index (χ1v) is 13.0. The average molecular weight is 585 g/mol. The van der Waals surface area contributed by atoms with Crippen LogP contribution in [0.3, 0.4) is 0 Å². The minimum Gasteiger partial charge on any atom is -0.497 e. The van der Waals surface area contributed by atoms with Gasteiger partial charge in [0, 0.05) is 24.4 Å². The van der Waals surface area contributed by atoms with E-state index < -0.39 is 53.7 Å². The van der Waals surface area contributed by atoms with E-state index in [0.29, 0.717) is 11.3 Å². The number of halogens is 3. The second kappa shape index (κ2) is 14.2. The summed E-state index contributed by atoms with van der Waals surface area (Å²) in [5, 5.41) is 7.37. The van der Waals surface area contributed by atoms with Gasteiger partial charge >= 0.3 is 6.18 Å². The molecule has 0 bridgehead atoms. The van der Waals surface area contributed by atoms with Gasteiger partial charge in [-0.05, 0) is 47.4 Å². The molecule has 0 saturated heterocycles. The highest BCUT2D eigenvalue weighted by Gasteiger charge is 2.45. The average Bonchev–Trinajstić information content (AvgIpc) is 2.98. The fraction of sp³-hybridized carbons (Fsp3) is 0.300. The highest BCUT2D eigenvalue weighted by Crippen LogP contribution is 2.23. The molecule has 3 N–H and O–H groups in total. The van der Waals surface area contributed by atoms with Crippen LogP contribution in [-0.2, 0) is 20.8 Å². The first-order valence-electron chi connectivity index (χ1n) is 13.0. The first kappa shape index (κ1) is 31.8. The molecule has 0 spiro atoms. The molecule has 222 valence electrons. The Morgan fingerprint density at radius 2 is 1.52 bits per heavy atom. The number of carbonyl (C=O) groups is 4. The molecule has 1 aromatic heterocycles. The van der Waals surface area contributed by atoms with Gasteiger partial charge in [-0.15, -0.1) is 0 Å². The van der Waals surface area contributed by atoms with Crippen molar-refractivity contribution in [1.82, 2.24) is 20.9 Å². The molecule has 2 unspecified atom stereocenters. The molecule has 42 heavy (non-hydrogen) atoms. The molecule has 12 heteroatoms. The third-order valence-electron chi connectivity index (χ3n) is 6.34. The number of aromatic nitrogens is 1. The van der Waals surface area contributed by atoms with Crippen molar-refractivity contribution in [2.24, 2.45) is 5.92 Å². The molecule has 0 radical (unpaired) electrons. The number of hydrogen-bond acceptors (Lipinski definition) is 6. The summed E-state index contributed by atoms with van der Waals surface area (Å²) in [6.07, 6.45) is -2.13. The van der Waals surface area contributed by atoms with E-state index in [1.54, 1.807) is 48.7 Å². The van der Waals surface area contributed by atoms with Crippen LogP contribution in [0.15, 0.2) is 79.1 Å². The number of methoxy groups -OCH3 is 1. The maximum Gasteiger partial charge on any atom is 0.452 e. The predicted octanol–water partition coefficient (Wildman–Crippen LogP) is 3.56. The molecule has 3 atom stereocenters. The Morgan fingerprint density at radius 3 is 2.07 bits per heavy atom. The standard InChI is InChI=1S/C30H31F3N4O5/c1-18(2)24(26(38)30(31,32)33)36-29(41)25(20-11-13-22(42-3)14-12-20)37-28(40)23(16-19-8-7-15-34-17-19)35-27(39)21-9-5-4-6-10-21/h4-15,17-18,23-25H,16H2,1-3H3,(H,35,39)(H,36,41)(H,37,40)/t23?,24-,25?/m0/s1. The molecule has 3 amide bonds. The normalized spacial score (nSPS) is 13.4. The third-order valence-corrected chi connectivity index (χ3v) is 6.34. The summed E-state index contributed by atoms with van der Waals surface area (Å²) in [6, 6.07) is 12.8. The van der Waals surface area contributed by atoms with E-state index >= 15 is 0 Å². The number of nitrogens with one attached hydrogen (secondary N) is 3. The summed E-state index contributed by atoms with van der Waals surface area (Å²) in [5.41, 5.74) is 1.10. The van der Waals surface area contributed by atoms with Crippen molar-refractivity contribution in [3.05, 3.63) is 95.8 Å². The van der Waals surface area contributed by atoms with Crippen molar-refractivity contribution in [3.8, 4) is 5.75 Å². The maximum absolute atomic E-state index is 13.6. The first-order chi connectivity index (χ1) is 19.9. The van der Waals surface area contributed by atoms with Crippen molar-refractivity contribution >= 4 is 23.5 Å². The minimum atomic E-state index is -5.18. The highest BCUT2D eigenvalue weighted by molar-refractivity contribution is 5.99. The van der Waals surface area contributed by atoms with Gasteiger partial charge in [0.25, 0.3) is 11.7 Å². The SMILES string of the molecule is COc1ccc(C(NC(=O)C(Cc2cccnc2)NC(=O)c2ccccc2)C(=O)N[C@H](C(=O)C(F)(F)F)C(C)C)cc1. The van der Waals surface area contributed by atoms with Crippen LogP contribution in [0.25, 0.3) is 0 Å². The van der Waals surface area contributed by atoms with Crippen molar-refractivity contribution in [2.45, 2.75) is 44.6 Å². The Bertz CT molecular complexity index is 1370. The van der Waals surface area contributed by atoms with Crippen LogP contribution in [0, 0.1) is 5.92 Å². The van der Waals surface area contributed by atoms with E-state index in [1.807, 2.05) is 0 Å². The predicted molar refractivity (Wildman–Crippen MR) is 147 cm³/mol. The topological polar surface area (TPSA) is 126 Å². The van der Waals surface area contributed by atoms with Gasteiger partial charge in [-0.25, -0.2) is 0 Å². The van der Waals surface area contributed by atoms with Gasteiger partial charge in [0.2, 0.25) is 11.8 Å². The van der Waals surface area contributed by atoms with E-state index in [1.165, 1.54) is 51.4 Å². The highest BCUT2D eigenvalue weighted by atomic mass is 19.4. The number of amides is 3. The molecule has 3 rings (SSSR count). The van der Waals surface area contributed by atoms with E-state index in [2.05, 4.69) is 20.9 Å². The second-order valence-corrected chi connectivity index (χ2v) is 9.76. The summed E-state index contributed by atoms with van der Waals surface area (Å²) in [5.74, 6) is -4.97. The van der Waals surface area contributed by atoms with Crippen molar-refractivity contribution in [3.63, 3.8) is 0 Å². The zero-order chi connectivity index (χ0) is 30.9. The largest absolute Gasteiger partial charge is 0.497 e. The lowest BCUT2D eigenvalue weighted by Gasteiger charge is -2.27. The molecule has 1 heterocycles. The Labute approximate surface area is 240 Å². The van der Waals surface area contributed by atoms with Crippen LogP contribution >= 0.6 is 0 Å². The number of pyridine rings is 1. The molecule has 9 nitrogen and oxygen atoms in total. The molecule has 3 aromatic rings. The lowest BCUT2D eigenvalue weighted by atomic mass is 9.97. The quantitative estimate of drug-likeness (QED) is 0.299. The van der Waals surface area contributed by atoms with Gasteiger partial charge in [-0.1, -0.05) is 50.2 Å². The number of nitrogens with zero attached hydrogens (tertiary/aromatic N) is 1. The smallest absolute Gasteiger partial charge is 0.452 e. The number of hydrogen-bond donors (Lipinski definition) is 3. The van der Waals surface area contributed by atoms with Gasteiger partial charge in [0.1, 0.15) is 17.8 Å².